The summed E-state index contributed by atoms with van der Waals surface area (Å²) in [5.74, 6) is 0.0852. The number of likely N-dealkylation sites (N-methyl/N-ethyl adjacent to an activating group) is 1. The molecule has 272 valence electrons. The number of methoxy groups -OCH3 is 1. The molecule has 5 heterocycles. The van der Waals surface area contributed by atoms with Gasteiger partial charge in [0.25, 0.3) is 5.91 Å². The van der Waals surface area contributed by atoms with E-state index in [1.54, 1.807) is 30.1 Å². The Balaban J connectivity index is 1.19. The van der Waals surface area contributed by atoms with Crippen LogP contribution in [0.4, 0.5) is 10.5 Å². The number of benzene rings is 2. The number of fused-ring (bicyclic) bond motifs is 1. The second-order valence-electron chi connectivity index (χ2n) is 13.1. The first-order valence-electron chi connectivity index (χ1n) is 17.1. The minimum absolute atomic E-state index is 0.0274. The summed E-state index contributed by atoms with van der Waals surface area (Å²) in [7, 11) is 3.27. The van der Waals surface area contributed by atoms with E-state index in [0.717, 1.165) is 13.0 Å². The van der Waals surface area contributed by atoms with Crippen molar-refractivity contribution in [2.75, 3.05) is 45.4 Å². The number of carbonyl (C=O) groups is 3. The number of pyridine rings is 1. The van der Waals surface area contributed by atoms with E-state index in [0.29, 0.717) is 75.3 Å². The minimum atomic E-state index is -1.11. The van der Waals surface area contributed by atoms with Crippen LogP contribution in [0.25, 0.3) is 22.4 Å². The van der Waals surface area contributed by atoms with E-state index in [9.17, 15) is 19.5 Å². The number of nitrogens with one attached hydrogen (secondary N) is 2. The van der Waals surface area contributed by atoms with Crippen molar-refractivity contribution in [3.8, 4) is 28.3 Å². The molecule has 3 amide bonds. The zero-order valence-electron chi connectivity index (χ0n) is 28.7. The standard InChI is InChI=1S/C37H39Cl2N7O6/c1-43-32(19-40-18-24-15-17-52-24)46(45-16-5-10-30(45)36(43)48)29-9-4-7-26(34(29)39)25-6-3-8-27(33(25)38)28-13-11-22(35(42-28)51-2)20-44(37(49)50)21-23-12-14-31(47)41-23/h3-11,13,16,23-24,32,40H,12,14-15,17-21H2,1-2H3,(H,41,47)(H,49,50)/t23-,24-,32?/m0/s1. The fourth-order valence-corrected chi connectivity index (χ4v) is 7.57. The Labute approximate surface area is 311 Å². The highest BCUT2D eigenvalue weighted by Crippen LogP contribution is 2.43. The summed E-state index contributed by atoms with van der Waals surface area (Å²) in [6.07, 6.45) is 2.48. The number of hydrogen-bond donors (Lipinski definition) is 3. The molecule has 13 nitrogen and oxygen atoms in total. The van der Waals surface area contributed by atoms with Crippen LogP contribution >= 0.6 is 23.2 Å². The second kappa shape index (κ2) is 15.0. The molecule has 0 radical (unpaired) electrons. The van der Waals surface area contributed by atoms with E-state index in [2.05, 4.69) is 10.6 Å². The number of halogens is 2. The number of rotatable bonds is 12. The van der Waals surface area contributed by atoms with Crippen molar-refractivity contribution in [1.29, 1.82) is 0 Å². The largest absolute Gasteiger partial charge is 0.481 e. The van der Waals surface area contributed by atoms with Gasteiger partial charge in [-0.2, -0.15) is 0 Å². The van der Waals surface area contributed by atoms with Crippen molar-refractivity contribution < 1.29 is 29.0 Å². The average molecular weight is 749 g/mol. The van der Waals surface area contributed by atoms with Crippen LogP contribution in [-0.2, 0) is 16.1 Å². The average Bonchev–Trinajstić information content (AvgIpc) is 3.77. The maximum absolute atomic E-state index is 13.4. The molecule has 0 bridgehead atoms. The third-order valence-electron chi connectivity index (χ3n) is 9.80. The summed E-state index contributed by atoms with van der Waals surface area (Å²) in [4.78, 5) is 44.8. The van der Waals surface area contributed by atoms with E-state index >= 15 is 0 Å². The Morgan fingerprint density at radius 2 is 1.79 bits per heavy atom. The molecule has 2 aromatic carbocycles. The van der Waals surface area contributed by atoms with E-state index in [4.69, 9.17) is 37.7 Å². The van der Waals surface area contributed by atoms with Gasteiger partial charge < -0.3 is 35.0 Å². The lowest BCUT2D eigenvalue weighted by Crippen LogP contribution is -2.61. The normalized spacial score (nSPS) is 19.7. The zero-order valence-corrected chi connectivity index (χ0v) is 30.2. The molecule has 2 fully saturated rings. The van der Waals surface area contributed by atoms with Crippen LogP contribution in [-0.4, -0.2) is 101 Å². The molecule has 1 unspecified atom stereocenters. The molecule has 3 N–H and O–H groups in total. The van der Waals surface area contributed by atoms with Gasteiger partial charge in [-0.1, -0.05) is 53.5 Å². The van der Waals surface area contributed by atoms with Crippen LogP contribution in [0, 0.1) is 0 Å². The van der Waals surface area contributed by atoms with Crippen molar-refractivity contribution in [3.63, 3.8) is 0 Å². The summed E-state index contributed by atoms with van der Waals surface area (Å²) in [6, 6.07) is 18.3. The molecular weight excluding hydrogens is 709 g/mol. The van der Waals surface area contributed by atoms with Gasteiger partial charge in [-0.25, -0.2) is 9.78 Å². The zero-order chi connectivity index (χ0) is 36.5. The van der Waals surface area contributed by atoms with Gasteiger partial charge in [0.2, 0.25) is 11.8 Å². The van der Waals surface area contributed by atoms with Crippen molar-refractivity contribution in [2.45, 2.75) is 44.1 Å². The van der Waals surface area contributed by atoms with Gasteiger partial charge in [-0.3, -0.25) is 19.3 Å². The molecule has 2 saturated heterocycles. The Bertz CT molecular complexity index is 2000. The number of anilines is 1. The van der Waals surface area contributed by atoms with Gasteiger partial charge in [0.05, 0.1) is 41.2 Å². The first kappa shape index (κ1) is 35.6. The van der Waals surface area contributed by atoms with Crippen LogP contribution in [0.3, 0.4) is 0 Å². The maximum atomic E-state index is 13.4. The van der Waals surface area contributed by atoms with Gasteiger partial charge in [-0.15, -0.1) is 0 Å². The maximum Gasteiger partial charge on any atom is 0.407 e. The number of hydrogen-bond acceptors (Lipinski definition) is 8. The molecule has 15 heteroatoms. The Morgan fingerprint density at radius 3 is 2.48 bits per heavy atom. The lowest BCUT2D eigenvalue weighted by atomic mass is 10.00. The van der Waals surface area contributed by atoms with Crippen molar-refractivity contribution >= 4 is 46.8 Å². The third kappa shape index (κ3) is 6.88. The second-order valence-corrected chi connectivity index (χ2v) is 13.8. The minimum Gasteiger partial charge on any atom is -0.481 e. The quantitative estimate of drug-likeness (QED) is 0.175. The molecule has 2 aromatic heterocycles. The summed E-state index contributed by atoms with van der Waals surface area (Å²) in [6.45, 7) is 2.10. The van der Waals surface area contributed by atoms with Gasteiger partial charge in [-0.05, 0) is 43.2 Å². The molecule has 4 aromatic rings. The van der Waals surface area contributed by atoms with Crippen LogP contribution < -0.4 is 20.4 Å². The highest BCUT2D eigenvalue weighted by atomic mass is 35.5. The summed E-state index contributed by atoms with van der Waals surface area (Å²) >= 11 is 14.4. The van der Waals surface area contributed by atoms with Crippen molar-refractivity contribution in [1.82, 2.24) is 30.1 Å². The topological polar surface area (TPSA) is 142 Å². The number of amides is 3. The van der Waals surface area contributed by atoms with E-state index in [1.807, 2.05) is 58.3 Å². The van der Waals surface area contributed by atoms with Crippen LogP contribution in [0.2, 0.25) is 10.0 Å². The highest BCUT2D eigenvalue weighted by Gasteiger charge is 2.37. The van der Waals surface area contributed by atoms with Gasteiger partial charge in [0, 0.05) is 74.2 Å². The van der Waals surface area contributed by atoms with Crippen molar-refractivity contribution in [2.24, 2.45) is 0 Å². The number of nitrogens with zero attached hydrogens (tertiary/aromatic N) is 5. The fourth-order valence-electron chi connectivity index (χ4n) is 6.93. The monoisotopic (exact) mass is 747 g/mol. The van der Waals surface area contributed by atoms with Crippen LogP contribution in [0.1, 0.15) is 35.3 Å². The Kier molecular flexibility index (Phi) is 10.3. The molecule has 0 aliphatic carbocycles. The molecule has 3 aliphatic rings. The molecule has 0 saturated carbocycles. The van der Waals surface area contributed by atoms with Crippen molar-refractivity contribution in [3.05, 3.63) is 88.2 Å². The molecule has 3 aliphatic heterocycles. The Morgan fingerprint density at radius 1 is 1.04 bits per heavy atom. The fraction of sp³-hybridized carbons (Fsp3) is 0.351. The molecule has 0 spiro atoms. The lowest BCUT2D eigenvalue weighted by molar-refractivity contribution is -0.119. The predicted molar refractivity (Wildman–Crippen MR) is 197 cm³/mol. The predicted octanol–water partition coefficient (Wildman–Crippen LogP) is 5.35. The lowest BCUT2D eigenvalue weighted by Gasteiger charge is -2.44. The SMILES string of the molecule is COc1nc(-c2cccc(-c3cccc(N4C(CNC[C@@H]5CCO5)N(C)C(=O)c5cccn54)c3Cl)c2Cl)ccc1CN(C[C@@H]1CCC(=O)N1)C(=O)O. The van der Waals surface area contributed by atoms with E-state index in [-0.39, 0.29) is 42.9 Å². The first-order chi connectivity index (χ1) is 25.1. The number of carbonyl (C=O) groups excluding carboxylic acids is 2. The first-order valence-corrected chi connectivity index (χ1v) is 17.9. The molecular formula is C37H39Cl2N7O6. The van der Waals surface area contributed by atoms with E-state index < -0.39 is 12.3 Å². The number of aromatic nitrogens is 2. The molecule has 7 rings (SSSR count). The third-order valence-corrected chi connectivity index (χ3v) is 10.6. The highest BCUT2D eigenvalue weighted by molar-refractivity contribution is 6.39. The van der Waals surface area contributed by atoms with Gasteiger partial charge >= 0.3 is 6.09 Å². The summed E-state index contributed by atoms with van der Waals surface area (Å²) < 4.78 is 13.0. The number of carboxylic acid groups (broad SMARTS) is 1. The van der Waals surface area contributed by atoms with Crippen LogP contribution in [0.5, 0.6) is 5.88 Å². The summed E-state index contributed by atoms with van der Waals surface area (Å²) in [5.41, 5.74) is 4.30. The summed E-state index contributed by atoms with van der Waals surface area (Å²) in [5, 5.41) is 19.1. The molecule has 52 heavy (non-hydrogen) atoms. The van der Waals surface area contributed by atoms with E-state index in [1.165, 1.54) is 12.0 Å². The van der Waals surface area contributed by atoms with Gasteiger partial charge in [0.15, 0.2) is 0 Å². The Hall–Kier alpha value is -4.82. The van der Waals surface area contributed by atoms with Crippen LogP contribution in [0.15, 0.2) is 66.9 Å². The smallest absolute Gasteiger partial charge is 0.407 e. The van der Waals surface area contributed by atoms with Gasteiger partial charge in [0.1, 0.15) is 11.9 Å². The number of ether oxygens (including phenoxy) is 2. The molecule has 3 atom stereocenters.